The van der Waals surface area contributed by atoms with Crippen molar-refractivity contribution >= 4 is 11.9 Å². The van der Waals surface area contributed by atoms with Crippen LogP contribution in [0.4, 0.5) is 0 Å². The lowest BCUT2D eigenvalue weighted by molar-refractivity contribution is -0.141. The Morgan fingerprint density at radius 3 is 2.68 bits per heavy atom. The molecule has 0 atom stereocenters. The lowest BCUT2D eigenvalue weighted by Crippen LogP contribution is -2.37. The number of rotatable bonds is 7. The summed E-state index contributed by atoms with van der Waals surface area (Å²) in [5.41, 5.74) is 0.544. The molecule has 1 aromatic rings. The highest BCUT2D eigenvalue weighted by Gasteiger charge is 2.20. The van der Waals surface area contributed by atoms with Gasteiger partial charge in [0.1, 0.15) is 12.2 Å². The smallest absolute Gasteiger partial charge is 0.325 e. The second kappa shape index (κ2) is 7.58. The van der Waals surface area contributed by atoms with Crippen LogP contribution in [-0.4, -0.2) is 55.3 Å². The molecule has 0 saturated carbocycles. The van der Waals surface area contributed by atoms with Crippen LogP contribution in [0.2, 0.25) is 0 Å². The van der Waals surface area contributed by atoms with Crippen molar-refractivity contribution in [2.45, 2.75) is 13.5 Å². The van der Waals surface area contributed by atoms with Gasteiger partial charge in [-0.25, -0.2) is 0 Å². The molecule has 106 valence electrons. The Hall–Kier alpha value is -1.82. The number of ether oxygens (including phenoxy) is 2. The highest BCUT2D eigenvalue weighted by Crippen LogP contribution is 2.07. The van der Waals surface area contributed by atoms with E-state index in [-0.39, 0.29) is 12.5 Å². The second-order valence-electron chi connectivity index (χ2n) is 3.98. The fraction of sp³-hybridized carbons (Fsp3) is 0.538. The van der Waals surface area contributed by atoms with Crippen molar-refractivity contribution in [2.24, 2.45) is 0 Å². The normalized spacial score (nSPS) is 10.3. The first-order valence-electron chi connectivity index (χ1n) is 6.14. The molecule has 0 bridgehead atoms. The molecule has 6 heteroatoms. The molecule has 1 rings (SSSR count). The van der Waals surface area contributed by atoms with Crippen LogP contribution < -0.4 is 0 Å². The number of aromatic nitrogens is 1. The van der Waals surface area contributed by atoms with Crippen molar-refractivity contribution in [3.05, 3.63) is 24.0 Å². The van der Waals surface area contributed by atoms with Gasteiger partial charge in [-0.05, 0) is 19.1 Å². The van der Waals surface area contributed by atoms with E-state index < -0.39 is 5.97 Å². The predicted octanol–water partition coefficient (Wildman–Crippen LogP) is 0.770. The molecule has 19 heavy (non-hydrogen) atoms. The van der Waals surface area contributed by atoms with Crippen LogP contribution in [0.25, 0.3) is 0 Å². The third kappa shape index (κ3) is 4.10. The number of carbonyl (C=O) groups is 2. The summed E-state index contributed by atoms with van der Waals surface area (Å²) in [6.45, 7) is 3.35. The van der Waals surface area contributed by atoms with Crippen LogP contribution in [0.3, 0.4) is 0 Å². The van der Waals surface area contributed by atoms with Crippen LogP contribution in [0, 0.1) is 0 Å². The monoisotopic (exact) mass is 268 g/mol. The topological polar surface area (TPSA) is 60.8 Å². The Labute approximate surface area is 112 Å². The van der Waals surface area contributed by atoms with Gasteiger partial charge in [-0.3, -0.25) is 9.59 Å². The molecule has 0 aliphatic rings. The number of esters is 1. The summed E-state index contributed by atoms with van der Waals surface area (Å²) < 4.78 is 11.4. The number of carbonyl (C=O) groups excluding carboxylic acids is 2. The lowest BCUT2D eigenvalue weighted by Gasteiger charge is -2.20. The van der Waals surface area contributed by atoms with Gasteiger partial charge in [0.2, 0.25) is 0 Å². The molecular weight excluding hydrogens is 248 g/mol. The highest BCUT2D eigenvalue weighted by molar-refractivity contribution is 5.94. The fourth-order valence-electron chi connectivity index (χ4n) is 1.70. The van der Waals surface area contributed by atoms with Crippen LogP contribution in [-0.2, 0) is 20.8 Å². The summed E-state index contributed by atoms with van der Waals surface area (Å²) in [4.78, 5) is 25.0. The first-order chi connectivity index (χ1) is 9.13. The van der Waals surface area contributed by atoms with E-state index in [1.165, 1.54) is 12.0 Å². The average Bonchev–Trinajstić information content (AvgIpc) is 2.89. The van der Waals surface area contributed by atoms with Gasteiger partial charge in [0, 0.05) is 26.4 Å². The molecule has 0 aliphatic heterocycles. The number of methoxy groups -OCH3 is 2. The Balaban J connectivity index is 2.79. The predicted molar refractivity (Wildman–Crippen MR) is 69.9 cm³/mol. The molecule has 0 saturated heterocycles. The molecule has 1 aromatic heterocycles. The molecule has 0 spiro atoms. The molecule has 1 heterocycles. The second-order valence-corrected chi connectivity index (χ2v) is 3.98. The summed E-state index contributed by atoms with van der Waals surface area (Å²) in [6, 6.07) is 3.53. The van der Waals surface area contributed by atoms with E-state index in [2.05, 4.69) is 4.74 Å². The fourth-order valence-corrected chi connectivity index (χ4v) is 1.70. The SMILES string of the molecule is CCN(CC(=O)OC)C(=O)c1cccn1CCOC. The van der Waals surface area contributed by atoms with E-state index in [1.54, 1.807) is 19.2 Å². The zero-order valence-electron chi connectivity index (χ0n) is 11.6. The summed E-state index contributed by atoms with van der Waals surface area (Å²) in [6.07, 6.45) is 1.82. The summed E-state index contributed by atoms with van der Waals surface area (Å²) in [5.74, 6) is -0.612. The van der Waals surface area contributed by atoms with Crippen LogP contribution >= 0.6 is 0 Å². The number of amides is 1. The Kier molecular flexibility index (Phi) is 6.08. The summed E-state index contributed by atoms with van der Waals surface area (Å²) in [7, 11) is 2.92. The molecule has 0 N–H and O–H groups in total. The zero-order chi connectivity index (χ0) is 14.3. The molecule has 0 unspecified atom stereocenters. The molecule has 6 nitrogen and oxygen atoms in total. The third-order valence-corrected chi connectivity index (χ3v) is 2.80. The molecular formula is C13H20N2O4. The first kappa shape index (κ1) is 15.2. The maximum Gasteiger partial charge on any atom is 0.325 e. The van der Waals surface area contributed by atoms with Crippen molar-refractivity contribution in [3.63, 3.8) is 0 Å². The van der Waals surface area contributed by atoms with Crippen molar-refractivity contribution in [1.29, 1.82) is 0 Å². The van der Waals surface area contributed by atoms with E-state index in [0.717, 1.165) is 0 Å². The summed E-state index contributed by atoms with van der Waals surface area (Å²) in [5, 5.41) is 0. The van der Waals surface area contributed by atoms with E-state index in [4.69, 9.17) is 4.74 Å². The quantitative estimate of drug-likeness (QED) is 0.685. The van der Waals surface area contributed by atoms with Crippen molar-refractivity contribution in [2.75, 3.05) is 33.9 Å². The van der Waals surface area contributed by atoms with E-state index in [1.807, 2.05) is 17.7 Å². The largest absolute Gasteiger partial charge is 0.468 e. The van der Waals surface area contributed by atoms with E-state index >= 15 is 0 Å². The molecule has 0 aromatic carbocycles. The van der Waals surface area contributed by atoms with Crippen molar-refractivity contribution in [3.8, 4) is 0 Å². The first-order valence-corrected chi connectivity index (χ1v) is 6.14. The van der Waals surface area contributed by atoms with Gasteiger partial charge in [0.15, 0.2) is 0 Å². The van der Waals surface area contributed by atoms with Gasteiger partial charge in [0.25, 0.3) is 5.91 Å². The standard InChI is InChI=1S/C13H20N2O4/c1-4-14(10-12(16)19-3)13(17)11-6-5-7-15(11)8-9-18-2/h5-7H,4,8-10H2,1-3H3. The maximum atomic E-state index is 12.3. The van der Waals surface area contributed by atoms with Gasteiger partial charge in [-0.15, -0.1) is 0 Å². The molecule has 1 amide bonds. The molecule has 0 radical (unpaired) electrons. The lowest BCUT2D eigenvalue weighted by atomic mass is 10.3. The average molecular weight is 268 g/mol. The maximum absolute atomic E-state index is 12.3. The van der Waals surface area contributed by atoms with Gasteiger partial charge in [-0.1, -0.05) is 0 Å². The highest BCUT2D eigenvalue weighted by atomic mass is 16.5. The third-order valence-electron chi connectivity index (χ3n) is 2.80. The van der Waals surface area contributed by atoms with Gasteiger partial charge in [0.05, 0.1) is 13.7 Å². The number of hydrogen-bond acceptors (Lipinski definition) is 4. The van der Waals surface area contributed by atoms with Crippen molar-refractivity contribution < 1.29 is 19.1 Å². The van der Waals surface area contributed by atoms with Gasteiger partial charge in [-0.2, -0.15) is 0 Å². The Morgan fingerprint density at radius 1 is 1.37 bits per heavy atom. The van der Waals surface area contributed by atoms with E-state index in [9.17, 15) is 9.59 Å². The van der Waals surface area contributed by atoms with Crippen molar-refractivity contribution in [1.82, 2.24) is 9.47 Å². The van der Waals surface area contributed by atoms with Gasteiger partial charge < -0.3 is 18.9 Å². The molecule has 0 fully saturated rings. The van der Waals surface area contributed by atoms with Crippen LogP contribution in [0.1, 0.15) is 17.4 Å². The number of hydrogen-bond donors (Lipinski definition) is 0. The minimum atomic E-state index is -0.426. The number of likely N-dealkylation sites (N-methyl/N-ethyl adjacent to an activating group) is 1. The number of nitrogens with zero attached hydrogens (tertiary/aromatic N) is 2. The van der Waals surface area contributed by atoms with Gasteiger partial charge >= 0.3 is 5.97 Å². The zero-order valence-corrected chi connectivity index (χ0v) is 11.6. The minimum Gasteiger partial charge on any atom is -0.468 e. The molecule has 0 aliphatic carbocycles. The van der Waals surface area contributed by atoms with E-state index in [0.29, 0.717) is 25.4 Å². The van der Waals surface area contributed by atoms with Crippen LogP contribution in [0.15, 0.2) is 18.3 Å². The Bertz CT molecular complexity index is 428. The minimum absolute atomic E-state index is 0.0404. The Morgan fingerprint density at radius 2 is 2.11 bits per heavy atom. The summed E-state index contributed by atoms with van der Waals surface area (Å²) >= 11 is 0. The van der Waals surface area contributed by atoms with Crippen LogP contribution in [0.5, 0.6) is 0 Å².